The van der Waals surface area contributed by atoms with Crippen LogP contribution in [0.3, 0.4) is 0 Å². The van der Waals surface area contributed by atoms with Crippen LogP contribution in [0, 0.1) is 5.92 Å². The minimum atomic E-state index is -0.797. The average Bonchev–Trinajstić information content (AvgIpc) is 2.25. The van der Waals surface area contributed by atoms with Gasteiger partial charge in [0.05, 0.1) is 18.8 Å². The molecule has 2 N–H and O–H groups in total. The summed E-state index contributed by atoms with van der Waals surface area (Å²) in [5.74, 6) is -0.218. The Hall–Kier alpha value is -0.460. The van der Waals surface area contributed by atoms with Gasteiger partial charge in [0.1, 0.15) is 11.5 Å². The molecular weight excluding hydrogens is 218 g/mol. The van der Waals surface area contributed by atoms with Crippen molar-refractivity contribution in [3.8, 4) is 0 Å². The predicted molar refractivity (Wildman–Crippen MR) is 57.4 cm³/mol. The summed E-state index contributed by atoms with van der Waals surface area (Å²) in [4.78, 5) is 2.75. The van der Waals surface area contributed by atoms with Crippen molar-refractivity contribution < 1.29 is 14.9 Å². The number of azide groups is 1. The van der Waals surface area contributed by atoms with E-state index in [0.29, 0.717) is 0 Å². The molecule has 1 aliphatic heterocycles. The van der Waals surface area contributed by atoms with Gasteiger partial charge in [0.2, 0.25) is 0 Å². The minimum absolute atomic E-state index is 0.218. The molecule has 1 fully saturated rings. The van der Waals surface area contributed by atoms with E-state index in [9.17, 15) is 5.11 Å². The molecule has 1 saturated heterocycles. The number of nitrogens with zero attached hydrogens (tertiary/aromatic N) is 3. The Morgan fingerprint density at radius 3 is 2.73 bits per heavy atom. The van der Waals surface area contributed by atoms with E-state index in [1.165, 1.54) is 11.8 Å². The quantitative estimate of drug-likeness (QED) is 0.426. The first kappa shape index (κ1) is 12.6. The van der Waals surface area contributed by atoms with Gasteiger partial charge in [-0.2, -0.15) is 0 Å². The van der Waals surface area contributed by atoms with Crippen LogP contribution < -0.4 is 0 Å². The highest BCUT2D eigenvalue weighted by atomic mass is 32.2. The number of aliphatic hydroxyl groups is 2. The Kier molecular flexibility index (Phi) is 4.69. The zero-order chi connectivity index (χ0) is 11.4. The molecule has 0 radical (unpaired) electrons. The molecule has 0 aromatic heterocycles. The van der Waals surface area contributed by atoms with Crippen molar-refractivity contribution in [2.24, 2.45) is 11.0 Å². The van der Waals surface area contributed by atoms with Crippen LogP contribution in [0.2, 0.25) is 0 Å². The van der Waals surface area contributed by atoms with Crippen molar-refractivity contribution in [3.05, 3.63) is 10.4 Å². The van der Waals surface area contributed by atoms with Gasteiger partial charge < -0.3 is 14.9 Å². The highest BCUT2D eigenvalue weighted by molar-refractivity contribution is 7.99. The summed E-state index contributed by atoms with van der Waals surface area (Å²) in [6, 6.07) is -0.400. The molecule has 5 atom stereocenters. The number of aliphatic hydroxyl groups excluding tert-OH is 2. The van der Waals surface area contributed by atoms with Gasteiger partial charge in [-0.3, -0.25) is 0 Å². The number of hydrogen-bond donors (Lipinski definition) is 2. The number of ether oxygens (including phenoxy) is 1. The summed E-state index contributed by atoms with van der Waals surface area (Å²) in [6.45, 7) is 1.56. The summed E-state index contributed by atoms with van der Waals surface area (Å²) >= 11 is 1.41. The first-order chi connectivity index (χ1) is 7.15. The van der Waals surface area contributed by atoms with E-state index in [1.54, 1.807) is 6.92 Å². The number of hydrogen-bond acceptors (Lipinski definition) is 5. The fourth-order valence-electron chi connectivity index (χ4n) is 1.69. The van der Waals surface area contributed by atoms with Crippen molar-refractivity contribution in [1.82, 2.24) is 0 Å². The summed E-state index contributed by atoms with van der Waals surface area (Å²) < 4.78 is 5.43. The molecule has 0 aromatic rings. The van der Waals surface area contributed by atoms with Crippen LogP contribution in [0.5, 0.6) is 0 Å². The van der Waals surface area contributed by atoms with E-state index < -0.39 is 18.2 Å². The first-order valence-corrected chi connectivity index (χ1v) is 5.95. The molecule has 7 heteroatoms. The van der Waals surface area contributed by atoms with Crippen LogP contribution in [0.1, 0.15) is 6.92 Å². The van der Waals surface area contributed by atoms with Crippen LogP contribution in [0.15, 0.2) is 5.11 Å². The molecule has 1 aliphatic rings. The molecule has 2 unspecified atom stereocenters. The SMILES string of the molecule is CS[C@@H]1OC(CO)[C@@H](O)[C@H](C)C1N=[N+]=[N-]. The van der Waals surface area contributed by atoms with Crippen LogP contribution in [-0.4, -0.2) is 46.8 Å². The fraction of sp³-hybridized carbons (Fsp3) is 1.00. The molecule has 1 rings (SSSR count). The fourth-order valence-corrected chi connectivity index (χ4v) is 2.52. The topological polar surface area (TPSA) is 98.5 Å². The van der Waals surface area contributed by atoms with Crippen molar-refractivity contribution in [2.45, 2.75) is 30.6 Å². The monoisotopic (exact) mass is 233 g/mol. The maximum Gasteiger partial charge on any atom is 0.112 e. The van der Waals surface area contributed by atoms with Gasteiger partial charge in [-0.25, -0.2) is 0 Å². The maximum absolute atomic E-state index is 9.77. The highest BCUT2D eigenvalue weighted by Gasteiger charge is 2.41. The van der Waals surface area contributed by atoms with Gasteiger partial charge in [0, 0.05) is 4.91 Å². The zero-order valence-electron chi connectivity index (χ0n) is 8.65. The van der Waals surface area contributed by atoms with E-state index in [-0.39, 0.29) is 18.0 Å². The van der Waals surface area contributed by atoms with Crippen LogP contribution in [0.25, 0.3) is 10.4 Å². The van der Waals surface area contributed by atoms with E-state index >= 15 is 0 Å². The van der Waals surface area contributed by atoms with Gasteiger partial charge in [0.15, 0.2) is 0 Å². The number of thioether (sulfide) groups is 1. The van der Waals surface area contributed by atoms with Crippen LogP contribution in [-0.2, 0) is 4.74 Å². The van der Waals surface area contributed by atoms with E-state index in [1.807, 2.05) is 6.26 Å². The lowest BCUT2D eigenvalue weighted by Gasteiger charge is -2.40. The van der Waals surface area contributed by atoms with Crippen molar-refractivity contribution in [3.63, 3.8) is 0 Å². The van der Waals surface area contributed by atoms with Crippen LogP contribution >= 0.6 is 11.8 Å². The largest absolute Gasteiger partial charge is 0.394 e. The molecule has 0 aromatic carbocycles. The van der Waals surface area contributed by atoms with Gasteiger partial charge in [-0.1, -0.05) is 12.0 Å². The molecule has 0 amide bonds. The Balaban J connectivity index is 2.83. The summed E-state index contributed by atoms with van der Waals surface area (Å²) in [5, 5.41) is 22.4. The smallest absolute Gasteiger partial charge is 0.112 e. The lowest BCUT2D eigenvalue weighted by Crippen LogP contribution is -2.52. The Labute approximate surface area is 92.2 Å². The second kappa shape index (κ2) is 5.58. The predicted octanol–water partition coefficient (Wildman–Crippen LogP) is 0.742. The second-order valence-electron chi connectivity index (χ2n) is 3.51. The first-order valence-electron chi connectivity index (χ1n) is 4.67. The molecule has 15 heavy (non-hydrogen) atoms. The second-order valence-corrected chi connectivity index (χ2v) is 4.44. The van der Waals surface area contributed by atoms with Gasteiger partial charge in [-0.15, -0.1) is 11.8 Å². The standard InChI is InChI=1S/C8H15N3O3S/c1-4-6(10-11-9)8(15-2)14-5(3-12)7(4)13/h4-8,12-13H,3H2,1-2H3/t4-,5?,6?,7+,8+/m1/s1. The number of rotatable bonds is 3. The molecule has 0 aliphatic carbocycles. The van der Waals surface area contributed by atoms with Gasteiger partial charge in [0.25, 0.3) is 0 Å². The molecule has 0 spiro atoms. The lowest BCUT2D eigenvalue weighted by atomic mass is 9.90. The van der Waals surface area contributed by atoms with Gasteiger partial charge in [-0.05, 0) is 17.7 Å². The van der Waals surface area contributed by atoms with Crippen molar-refractivity contribution in [2.75, 3.05) is 12.9 Å². The molecule has 0 bridgehead atoms. The van der Waals surface area contributed by atoms with Crippen LogP contribution in [0.4, 0.5) is 0 Å². The Morgan fingerprint density at radius 2 is 2.27 bits per heavy atom. The molecule has 1 heterocycles. The Morgan fingerprint density at radius 1 is 1.60 bits per heavy atom. The summed E-state index contributed by atoms with van der Waals surface area (Å²) in [5.41, 5.74) is 8.11. The molecular formula is C8H15N3O3S. The normalized spacial score (nSPS) is 40.9. The molecule has 0 saturated carbocycles. The highest BCUT2D eigenvalue weighted by Crippen LogP contribution is 2.32. The van der Waals surface area contributed by atoms with E-state index in [4.69, 9.17) is 15.4 Å². The molecule has 86 valence electrons. The average molecular weight is 233 g/mol. The zero-order valence-corrected chi connectivity index (χ0v) is 9.46. The molecule has 6 nitrogen and oxygen atoms in total. The van der Waals surface area contributed by atoms with Gasteiger partial charge >= 0.3 is 0 Å². The third-order valence-electron chi connectivity index (χ3n) is 2.64. The van der Waals surface area contributed by atoms with E-state index in [0.717, 1.165) is 0 Å². The van der Waals surface area contributed by atoms with Crippen molar-refractivity contribution >= 4 is 11.8 Å². The minimum Gasteiger partial charge on any atom is -0.394 e. The van der Waals surface area contributed by atoms with E-state index in [2.05, 4.69) is 10.0 Å². The summed E-state index contributed by atoms with van der Waals surface area (Å²) in [6.07, 6.45) is 0.445. The third-order valence-corrected chi connectivity index (χ3v) is 3.50. The maximum atomic E-state index is 9.77. The lowest BCUT2D eigenvalue weighted by molar-refractivity contribution is -0.137. The Bertz CT molecular complexity index is 258. The summed E-state index contributed by atoms with van der Waals surface area (Å²) in [7, 11) is 0. The third kappa shape index (κ3) is 2.56. The van der Waals surface area contributed by atoms with Crippen molar-refractivity contribution in [1.29, 1.82) is 0 Å².